The average molecular weight is 240 g/mol. The Bertz CT molecular complexity index is 281. The summed E-state index contributed by atoms with van der Waals surface area (Å²) in [7, 11) is 0. The topological polar surface area (TPSA) is 12.0 Å². The van der Waals surface area contributed by atoms with E-state index >= 15 is 0 Å². The van der Waals surface area contributed by atoms with Gasteiger partial charge < -0.3 is 5.32 Å². The molecule has 1 aromatic carbocycles. The molecule has 70 valence electrons. The van der Waals surface area contributed by atoms with E-state index in [1.807, 2.05) is 0 Å². The van der Waals surface area contributed by atoms with E-state index in [0.29, 0.717) is 6.04 Å². The number of nitrogens with one attached hydrogen (secondary N) is 1. The van der Waals surface area contributed by atoms with Gasteiger partial charge in [-0.2, -0.15) is 0 Å². The lowest BCUT2D eigenvalue weighted by atomic mass is 10.0. The van der Waals surface area contributed by atoms with Crippen LogP contribution in [-0.4, -0.2) is 6.54 Å². The van der Waals surface area contributed by atoms with Crippen molar-refractivity contribution in [1.29, 1.82) is 0 Å². The fourth-order valence-corrected chi connectivity index (χ4v) is 2.13. The largest absolute Gasteiger partial charge is 0.310 e. The number of halogens is 1. The first-order chi connectivity index (χ1) is 6.25. The van der Waals surface area contributed by atoms with E-state index in [2.05, 4.69) is 52.4 Å². The van der Waals surface area contributed by atoms with E-state index in [4.69, 9.17) is 0 Å². The van der Waals surface area contributed by atoms with Crippen molar-refractivity contribution >= 4 is 15.9 Å². The van der Waals surface area contributed by atoms with Gasteiger partial charge in [0.25, 0.3) is 0 Å². The minimum absolute atomic E-state index is 0.572. The summed E-state index contributed by atoms with van der Waals surface area (Å²) >= 11 is 3.45. The van der Waals surface area contributed by atoms with Crippen LogP contribution in [0.1, 0.15) is 24.9 Å². The van der Waals surface area contributed by atoms with Gasteiger partial charge in [0.2, 0.25) is 0 Å². The molecule has 2 rings (SSSR count). The Labute approximate surface area is 87.7 Å². The van der Waals surface area contributed by atoms with Crippen LogP contribution in [0.25, 0.3) is 0 Å². The molecular weight excluding hydrogens is 226 g/mol. The summed E-state index contributed by atoms with van der Waals surface area (Å²) in [5.74, 6) is 0.814. The number of benzene rings is 1. The van der Waals surface area contributed by atoms with E-state index in [1.165, 1.54) is 12.0 Å². The molecule has 0 unspecified atom stereocenters. The Kier molecular flexibility index (Phi) is 2.70. The number of hydrogen-bond acceptors (Lipinski definition) is 1. The molecule has 0 aliphatic carbocycles. The Morgan fingerprint density at radius 1 is 1.31 bits per heavy atom. The molecule has 13 heavy (non-hydrogen) atoms. The zero-order valence-corrected chi connectivity index (χ0v) is 9.34. The van der Waals surface area contributed by atoms with Crippen LogP contribution in [0.4, 0.5) is 0 Å². The van der Waals surface area contributed by atoms with Crippen LogP contribution in [0.15, 0.2) is 28.7 Å². The predicted molar refractivity (Wildman–Crippen MR) is 58.7 cm³/mol. The van der Waals surface area contributed by atoms with Gasteiger partial charge in [0.05, 0.1) is 0 Å². The van der Waals surface area contributed by atoms with Gasteiger partial charge in [-0.15, -0.1) is 0 Å². The predicted octanol–water partition coefficient (Wildman–Crippen LogP) is 3.12. The third-order valence-electron chi connectivity index (χ3n) is 2.62. The maximum absolute atomic E-state index is 3.53. The first-order valence-corrected chi connectivity index (χ1v) is 5.54. The highest BCUT2D eigenvalue weighted by Crippen LogP contribution is 2.27. The zero-order chi connectivity index (χ0) is 9.26. The summed E-state index contributed by atoms with van der Waals surface area (Å²) in [4.78, 5) is 0. The van der Waals surface area contributed by atoms with Crippen molar-refractivity contribution in [2.45, 2.75) is 19.4 Å². The van der Waals surface area contributed by atoms with Crippen molar-refractivity contribution in [2.24, 2.45) is 5.92 Å². The van der Waals surface area contributed by atoms with E-state index in [1.54, 1.807) is 0 Å². The monoisotopic (exact) mass is 239 g/mol. The van der Waals surface area contributed by atoms with E-state index in [0.717, 1.165) is 16.9 Å². The second-order valence-electron chi connectivity index (χ2n) is 3.85. The van der Waals surface area contributed by atoms with Crippen molar-refractivity contribution < 1.29 is 0 Å². The minimum Gasteiger partial charge on any atom is -0.310 e. The van der Waals surface area contributed by atoms with Crippen LogP contribution in [0.2, 0.25) is 0 Å². The molecule has 0 aromatic heterocycles. The molecule has 1 heterocycles. The third-order valence-corrected chi connectivity index (χ3v) is 3.15. The van der Waals surface area contributed by atoms with Crippen LogP contribution < -0.4 is 5.32 Å². The molecule has 1 aliphatic heterocycles. The Morgan fingerprint density at radius 3 is 2.54 bits per heavy atom. The number of hydrogen-bond donors (Lipinski definition) is 1. The molecule has 1 aromatic rings. The van der Waals surface area contributed by atoms with Gasteiger partial charge in [0.1, 0.15) is 0 Å². The highest BCUT2D eigenvalue weighted by Gasteiger charge is 2.21. The van der Waals surface area contributed by atoms with Crippen LogP contribution in [-0.2, 0) is 0 Å². The second kappa shape index (κ2) is 3.81. The van der Waals surface area contributed by atoms with Crippen molar-refractivity contribution in [3.05, 3.63) is 34.3 Å². The Morgan fingerprint density at radius 2 is 2.00 bits per heavy atom. The van der Waals surface area contributed by atoms with Gasteiger partial charge in [0, 0.05) is 10.5 Å². The maximum Gasteiger partial charge on any atom is 0.0323 e. The lowest BCUT2D eigenvalue weighted by Gasteiger charge is -2.10. The lowest BCUT2D eigenvalue weighted by molar-refractivity contribution is 0.612. The average Bonchev–Trinajstić information content (AvgIpc) is 2.53. The zero-order valence-electron chi connectivity index (χ0n) is 7.76. The van der Waals surface area contributed by atoms with Gasteiger partial charge >= 0.3 is 0 Å². The fraction of sp³-hybridized carbons (Fsp3) is 0.455. The third kappa shape index (κ3) is 2.12. The summed E-state index contributed by atoms with van der Waals surface area (Å²) in [6.45, 7) is 3.45. The van der Waals surface area contributed by atoms with Crippen molar-refractivity contribution in [2.75, 3.05) is 6.54 Å². The standard InChI is InChI=1S/C11H14BrN/c1-8-6-11(13-7-8)9-2-4-10(12)5-3-9/h2-5,8,11,13H,6-7H2,1H3/t8-,11-/m0/s1. The molecule has 1 nitrogen and oxygen atoms in total. The molecule has 0 spiro atoms. The lowest BCUT2D eigenvalue weighted by Crippen LogP contribution is -2.13. The summed E-state index contributed by atoms with van der Waals surface area (Å²) in [5, 5.41) is 3.53. The molecule has 2 atom stereocenters. The highest BCUT2D eigenvalue weighted by molar-refractivity contribution is 9.10. The minimum atomic E-state index is 0.572. The Hall–Kier alpha value is -0.340. The van der Waals surface area contributed by atoms with Gasteiger partial charge in [0.15, 0.2) is 0 Å². The summed E-state index contributed by atoms with van der Waals surface area (Å²) in [6.07, 6.45) is 1.27. The SMILES string of the molecule is C[C@@H]1CN[C@H](c2ccc(Br)cc2)C1. The quantitative estimate of drug-likeness (QED) is 0.795. The molecule has 0 radical (unpaired) electrons. The molecule has 1 fully saturated rings. The van der Waals surface area contributed by atoms with E-state index in [9.17, 15) is 0 Å². The molecule has 0 amide bonds. The molecule has 1 aliphatic rings. The molecule has 1 saturated heterocycles. The second-order valence-corrected chi connectivity index (χ2v) is 4.77. The van der Waals surface area contributed by atoms with Crippen LogP contribution in [0.5, 0.6) is 0 Å². The van der Waals surface area contributed by atoms with E-state index in [-0.39, 0.29) is 0 Å². The summed E-state index contributed by atoms with van der Waals surface area (Å²) in [5.41, 5.74) is 1.41. The summed E-state index contributed by atoms with van der Waals surface area (Å²) in [6, 6.07) is 9.18. The molecule has 0 bridgehead atoms. The Balaban J connectivity index is 2.13. The molecule has 2 heteroatoms. The maximum atomic E-state index is 3.53. The van der Waals surface area contributed by atoms with Gasteiger partial charge in [-0.05, 0) is 36.6 Å². The smallest absolute Gasteiger partial charge is 0.0323 e. The van der Waals surface area contributed by atoms with Crippen LogP contribution in [0, 0.1) is 5.92 Å². The molecule has 0 saturated carbocycles. The number of rotatable bonds is 1. The molecular formula is C11H14BrN. The van der Waals surface area contributed by atoms with Gasteiger partial charge in [-0.1, -0.05) is 35.0 Å². The van der Waals surface area contributed by atoms with Crippen molar-refractivity contribution in [3.8, 4) is 0 Å². The van der Waals surface area contributed by atoms with E-state index < -0.39 is 0 Å². The van der Waals surface area contributed by atoms with Crippen molar-refractivity contribution in [3.63, 3.8) is 0 Å². The normalized spacial score (nSPS) is 27.8. The highest BCUT2D eigenvalue weighted by atomic mass is 79.9. The van der Waals surface area contributed by atoms with Crippen molar-refractivity contribution in [1.82, 2.24) is 5.32 Å². The van der Waals surface area contributed by atoms with Crippen LogP contribution in [0.3, 0.4) is 0 Å². The fourth-order valence-electron chi connectivity index (χ4n) is 1.86. The van der Waals surface area contributed by atoms with Gasteiger partial charge in [-0.25, -0.2) is 0 Å². The molecule has 1 N–H and O–H groups in total. The van der Waals surface area contributed by atoms with Gasteiger partial charge in [-0.3, -0.25) is 0 Å². The first kappa shape index (κ1) is 9.22. The first-order valence-electron chi connectivity index (χ1n) is 4.74. The van der Waals surface area contributed by atoms with Crippen LogP contribution >= 0.6 is 15.9 Å². The summed E-state index contributed by atoms with van der Waals surface area (Å²) < 4.78 is 1.15.